The average Bonchev–Trinajstić information content (AvgIpc) is 2.52. The van der Waals surface area contributed by atoms with Crippen LogP contribution in [-0.2, 0) is 11.3 Å². The summed E-state index contributed by atoms with van der Waals surface area (Å²) in [5.41, 5.74) is 7.83. The predicted molar refractivity (Wildman–Crippen MR) is 96.2 cm³/mol. The SMILES string of the molecule is CCOC(=O)N(Cc1cccc(C)c1)c1cc(Br)nc(N)c1N=O. The van der Waals surface area contributed by atoms with Gasteiger partial charge in [-0.2, -0.15) is 0 Å². The molecular formula is C16H17BrN4O3. The summed E-state index contributed by atoms with van der Waals surface area (Å²) >= 11 is 3.22. The fraction of sp³-hybridized carbons (Fsp3) is 0.250. The fourth-order valence-electron chi connectivity index (χ4n) is 2.25. The summed E-state index contributed by atoms with van der Waals surface area (Å²) in [5, 5.41) is 2.93. The lowest BCUT2D eigenvalue weighted by molar-refractivity contribution is 0.159. The van der Waals surface area contributed by atoms with E-state index in [1.54, 1.807) is 6.92 Å². The molecule has 0 aliphatic carbocycles. The van der Waals surface area contributed by atoms with Crippen LogP contribution >= 0.6 is 15.9 Å². The number of rotatable bonds is 5. The van der Waals surface area contributed by atoms with E-state index in [2.05, 4.69) is 26.1 Å². The van der Waals surface area contributed by atoms with Crippen LogP contribution in [0.1, 0.15) is 18.1 Å². The normalized spacial score (nSPS) is 10.3. The second-order valence-electron chi connectivity index (χ2n) is 5.06. The molecule has 2 aromatic rings. The highest BCUT2D eigenvalue weighted by molar-refractivity contribution is 9.10. The van der Waals surface area contributed by atoms with Crippen molar-refractivity contribution in [3.8, 4) is 0 Å². The monoisotopic (exact) mass is 392 g/mol. The molecule has 0 spiro atoms. The van der Waals surface area contributed by atoms with Crippen LogP contribution in [0.3, 0.4) is 0 Å². The molecule has 0 bridgehead atoms. The third-order valence-electron chi connectivity index (χ3n) is 3.26. The van der Waals surface area contributed by atoms with Gasteiger partial charge in [-0.25, -0.2) is 9.78 Å². The number of carbonyl (C=O) groups is 1. The quantitative estimate of drug-likeness (QED) is 0.604. The van der Waals surface area contributed by atoms with Crippen molar-refractivity contribution in [3.63, 3.8) is 0 Å². The molecule has 0 aliphatic rings. The van der Waals surface area contributed by atoms with E-state index in [4.69, 9.17) is 10.5 Å². The van der Waals surface area contributed by atoms with Crippen molar-refractivity contribution in [1.29, 1.82) is 0 Å². The number of nitroso groups, excluding NO2 is 1. The van der Waals surface area contributed by atoms with Crippen LogP contribution in [0, 0.1) is 11.8 Å². The minimum Gasteiger partial charge on any atom is -0.449 e. The van der Waals surface area contributed by atoms with Crippen LogP contribution < -0.4 is 10.6 Å². The number of halogens is 1. The Balaban J connectivity index is 2.51. The lowest BCUT2D eigenvalue weighted by atomic mass is 10.1. The molecule has 7 nitrogen and oxygen atoms in total. The molecule has 1 aromatic carbocycles. The van der Waals surface area contributed by atoms with E-state index in [0.29, 0.717) is 4.60 Å². The molecule has 0 saturated carbocycles. The summed E-state index contributed by atoms with van der Waals surface area (Å²) in [6.45, 7) is 4.07. The number of hydrogen-bond donors (Lipinski definition) is 1. The van der Waals surface area contributed by atoms with Gasteiger partial charge < -0.3 is 10.5 Å². The standard InChI is InChI=1S/C16H17BrN4O3/c1-3-24-16(22)21(9-11-6-4-5-10(2)7-11)12-8-13(17)19-15(18)14(12)20-23/h4-8H,3,9H2,1-2H3,(H2,18,19). The van der Waals surface area contributed by atoms with Crippen molar-refractivity contribution in [2.45, 2.75) is 20.4 Å². The summed E-state index contributed by atoms with van der Waals surface area (Å²) in [5.74, 6) is -0.0621. The predicted octanol–water partition coefficient (Wildman–Crippen LogP) is 4.30. The lowest BCUT2D eigenvalue weighted by Gasteiger charge is -2.23. The first kappa shape index (κ1) is 17.9. The molecule has 0 aliphatic heterocycles. The molecule has 126 valence electrons. The zero-order valence-corrected chi connectivity index (χ0v) is 14.9. The topological polar surface area (TPSA) is 97.9 Å². The van der Waals surface area contributed by atoms with Gasteiger partial charge in [-0.15, -0.1) is 4.91 Å². The van der Waals surface area contributed by atoms with Gasteiger partial charge in [0.05, 0.1) is 18.8 Å². The number of ether oxygens (including phenoxy) is 1. The van der Waals surface area contributed by atoms with Crippen LogP contribution in [-0.4, -0.2) is 17.7 Å². The van der Waals surface area contributed by atoms with Crippen LogP contribution in [0.5, 0.6) is 0 Å². The van der Waals surface area contributed by atoms with E-state index in [1.165, 1.54) is 11.0 Å². The van der Waals surface area contributed by atoms with Crippen LogP contribution in [0.25, 0.3) is 0 Å². The van der Waals surface area contributed by atoms with E-state index in [0.717, 1.165) is 11.1 Å². The maximum Gasteiger partial charge on any atom is 0.414 e. The Labute approximate surface area is 147 Å². The number of nitrogens with two attached hydrogens (primary N) is 1. The number of nitrogen functional groups attached to an aromatic ring is 1. The highest BCUT2D eigenvalue weighted by Gasteiger charge is 2.24. The molecule has 0 unspecified atom stereocenters. The number of amides is 1. The first-order valence-corrected chi connectivity index (χ1v) is 8.04. The van der Waals surface area contributed by atoms with Gasteiger partial charge in [0.2, 0.25) is 0 Å². The maximum atomic E-state index is 12.4. The van der Waals surface area contributed by atoms with E-state index >= 15 is 0 Å². The van der Waals surface area contributed by atoms with Gasteiger partial charge in [0.25, 0.3) is 0 Å². The van der Waals surface area contributed by atoms with Gasteiger partial charge in [0.1, 0.15) is 4.60 Å². The molecule has 2 N–H and O–H groups in total. The number of hydrogen-bond acceptors (Lipinski definition) is 6. The van der Waals surface area contributed by atoms with Crippen molar-refractivity contribution in [2.75, 3.05) is 17.2 Å². The summed E-state index contributed by atoms with van der Waals surface area (Å²) in [6.07, 6.45) is -0.596. The largest absolute Gasteiger partial charge is 0.449 e. The Hall–Kier alpha value is -2.48. The third kappa shape index (κ3) is 4.08. The van der Waals surface area contributed by atoms with Crippen molar-refractivity contribution >= 4 is 39.2 Å². The molecule has 8 heteroatoms. The van der Waals surface area contributed by atoms with Crippen molar-refractivity contribution in [3.05, 3.63) is 51.0 Å². The lowest BCUT2D eigenvalue weighted by Crippen LogP contribution is -2.31. The Kier molecular flexibility index (Phi) is 5.86. The van der Waals surface area contributed by atoms with Gasteiger partial charge in [-0.3, -0.25) is 4.90 Å². The smallest absolute Gasteiger partial charge is 0.414 e. The van der Waals surface area contributed by atoms with Crippen LogP contribution in [0.2, 0.25) is 0 Å². The number of aromatic nitrogens is 1. The van der Waals surface area contributed by atoms with Gasteiger partial charge >= 0.3 is 6.09 Å². The molecule has 24 heavy (non-hydrogen) atoms. The number of carbonyl (C=O) groups excluding carboxylic acids is 1. The second kappa shape index (κ2) is 7.87. The number of nitrogens with zero attached hydrogens (tertiary/aromatic N) is 3. The van der Waals surface area contributed by atoms with E-state index in [1.807, 2.05) is 31.2 Å². The summed E-state index contributed by atoms with van der Waals surface area (Å²) in [7, 11) is 0. The van der Waals surface area contributed by atoms with Gasteiger partial charge in [-0.05, 0) is 46.6 Å². The summed E-state index contributed by atoms with van der Waals surface area (Å²) in [6, 6.07) is 9.19. The van der Waals surface area contributed by atoms with Crippen molar-refractivity contribution in [2.24, 2.45) is 5.18 Å². The molecule has 1 heterocycles. The van der Waals surface area contributed by atoms with Gasteiger partial charge in [0.15, 0.2) is 11.5 Å². The number of anilines is 2. The molecule has 1 aromatic heterocycles. The first-order chi connectivity index (χ1) is 11.5. The van der Waals surface area contributed by atoms with E-state index in [9.17, 15) is 9.70 Å². The highest BCUT2D eigenvalue weighted by Crippen LogP contribution is 2.36. The summed E-state index contributed by atoms with van der Waals surface area (Å²) in [4.78, 5) is 28.8. The summed E-state index contributed by atoms with van der Waals surface area (Å²) < 4.78 is 5.50. The van der Waals surface area contributed by atoms with E-state index in [-0.39, 0.29) is 30.3 Å². The molecule has 1 amide bonds. The van der Waals surface area contributed by atoms with Gasteiger partial charge in [-0.1, -0.05) is 29.8 Å². The second-order valence-corrected chi connectivity index (χ2v) is 5.88. The number of benzene rings is 1. The minimum atomic E-state index is -0.596. The zero-order valence-electron chi connectivity index (χ0n) is 13.3. The highest BCUT2D eigenvalue weighted by atomic mass is 79.9. The van der Waals surface area contributed by atoms with Crippen molar-refractivity contribution in [1.82, 2.24) is 4.98 Å². The fourth-order valence-corrected chi connectivity index (χ4v) is 2.66. The minimum absolute atomic E-state index is 0.0621. The molecule has 2 rings (SSSR count). The van der Waals surface area contributed by atoms with E-state index < -0.39 is 6.09 Å². The van der Waals surface area contributed by atoms with Crippen LogP contribution in [0.15, 0.2) is 40.1 Å². The molecule has 0 saturated heterocycles. The molecular weight excluding hydrogens is 376 g/mol. The third-order valence-corrected chi connectivity index (χ3v) is 3.67. The number of pyridine rings is 1. The van der Waals surface area contributed by atoms with Crippen LogP contribution in [0.4, 0.5) is 22.0 Å². The first-order valence-electron chi connectivity index (χ1n) is 7.25. The Morgan fingerprint density at radius 2 is 2.17 bits per heavy atom. The molecule has 0 fully saturated rings. The van der Waals surface area contributed by atoms with Crippen molar-refractivity contribution < 1.29 is 9.53 Å². The zero-order chi connectivity index (χ0) is 17.7. The maximum absolute atomic E-state index is 12.4. The molecule has 0 atom stereocenters. The Morgan fingerprint density at radius 3 is 2.79 bits per heavy atom. The Morgan fingerprint density at radius 1 is 1.42 bits per heavy atom. The Bertz CT molecular complexity index is 767. The average molecular weight is 393 g/mol. The number of aryl methyl sites for hydroxylation is 1. The molecule has 0 radical (unpaired) electrons. The van der Waals surface area contributed by atoms with Gasteiger partial charge in [0, 0.05) is 0 Å².